The summed E-state index contributed by atoms with van der Waals surface area (Å²) in [5, 5.41) is 12.0. The molecule has 0 spiro atoms. The SMILES string of the molecule is CCC(=O)O[C@@H]1/C(C)=C/[C@@H](C)C(=O)C[C@@H]([C@H](C)C[C@@H]2CC[C@@H](OC(=O)CC)[C@H](OC)C2)OC(=O)[C@@H]2CCCCN2C(=O)C(=O)[C@]2(O)O[C@@H](CC[C@H]2C)C[C@H](OC)/C(C)=C/C=C/C=C/[C@@H](C)C[C@@H](C)C(=O)[C@@H]1OC. The van der Waals surface area contributed by atoms with E-state index in [1.807, 2.05) is 58.1 Å². The number of hydrogen-bond donors (Lipinski definition) is 1. The van der Waals surface area contributed by atoms with Crippen LogP contribution in [0.15, 0.2) is 47.6 Å². The second kappa shape index (κ2) is 29.1. The summed E-state index contributed by atoms with van der Waals surface area (Å²) < 4.78 is 41.6. The molecule has 2 saturated heterocycles. The summed E-state index contributed by atoms with van der Waals surface area (Å²) >= 11 is 0. The van der Waals surface area contributed by atoms with E-state index in [4.69, 9.17) is 33.2 Å². The maximum atomic E-state index is 14.6. The second-order valence-electron chi connectivity index (χ2n) is 21.2. The molecule has 0 aromatic heterocycles. The minimum Gasteiger partial charge on any atom is -0.460 e. The van der Waals surface area contributed by atoms with E-state index in [1.165, 1.54) is 12.0 Å². The molecule has 0 unspecified atom stereocenters. The fourth-order valence-corrected chi connectivity index (χ4v) is 10.9. The predicted molar refractivity (Wildman–Crippen MR) is 273 cm³/mol. The largest absolute Gasteiger partial charge is 0.460 e. The van der Waals surface area contributed by atoms with E-state index in [0.717, 1.165) is 5.57 Å². The van der Waals surface area contributed by atoms with Crippen molar-refractivity contribution >= 4 is 41.2 Å². The highest BCUT2D eigenvalue weighted by Crippen LogP contribution is 2.38. The number of Topliss-reactive ketones (excluding diaryl/α,β-unsaturated/α-hetero) is 3. The minimum atomic E-state index is -2.46. The first-order valence-corrected chi connectivity index (χ1v) is 26.8. The third-order valence-corrected chi connectivity index (χ3v) is 15.5. The van der Waals surface area contributed by atoms with Crippen LogP contribution < -0.4 is 0 Å². The first-order valence-electron chi connectivity index (χ1n) is 26.8. The molecule has 3 heterocycles. The van der Waals surface area contributed by atoms with E-state index in [1.54, 1.807) is 54.9 Å². The van der Waals surface area contributed by atoms with Crippen molar-refractivity contribution in [2.75, 3.05) is 27.9 Å². The van der Waals surface area contributed by atoms with Crippen LogP contribution in [0.3, 0.4) is 0 Å². The number of ketones is 3. The van der Waals surface area contributed by atoms with Gasteiger partial charge in [0, 0.05) is 71.3 Å². The molecule has 2 bridgehead atoms. The molecule has 16 nitrogen and oxygen atoms in total. The van der Waals surface area contributed by atoms with E-state index >= 15 is 0 Å². The standard InChI is InChI=1S/C57H87NO15/c1-13-49(60)70-45-26-24-41(31-48(45)68-11)30-37(6)47-33-44(59)36(5)29-39(8)52(72-50(61)14-2)53(69-12)51(62)38(7)28-34(3)20-16-15-17-21-35(4)46(67-10)32-42-25-23-40(9)57(66,73-42)54(63)55(64)58-27-19-18-22-43(58)56(65)71-47/h15-17,20-21,29,34,36-38,40-43,45-48,52-53,66H,13-14,18-19,22-28,30-33H2,1-12H3/b17-15+,20-16+,35-21+,39-29+/t34-,36-,37-,38-,40-,41+,42+,43+,45-,46+,47+,48-,52-,53+,57-/m1/s1. The van der Waals surface area contributed by atoms with Crippen LogP contribution in [-0.4, -0.2) is 134 Å². The smallest absolute Gasteiger partial charge is 0.329 e. The molecule has 1 saturated carbocycles. The number of allylic oxidation sites excluding steroid dienone is 6. The van der Waals surface area contributed by atoms with Crippen LogP contribution in [0.1, 0.15) is 152 Å². The first kappa shape index (κ1) is 61.2. The van der Waals surface area contributed by atoms with Gasteiger partial charge in [-0.25, -0.2) is 4.79 Å². The third kappa shape index (κ3) is 16.8. The average molecular weight is 1030 g/mol. The molecule has 0 radical (unpaired) electrons. The predicted octanol–water partition coefficient (Wildman–Crippen LogP) is 8.10. The number of amides is 1. The number of hydrogen-bond acceptors (Lipinski definition) is 15. The van der Waals surface area contributed by atoms with Gasteiger partial charge in [0.1, 0.15) is 24.0 Å². The Morgan fingerprint density at radius 2 is 1.49 bits per heavy atom. The lowest BCUT2D eigenvalue weighted by molar-refractivity contribution is -0.265. The molecule has 0 aromatic rings. The summed E-state index contributed by atoms with van der Waals surface area (Å²) in [5.41, 5.74) is 1.30. The molecule has 73 heavy (non-hydrogen) atoms. The summed E-state index contributed by atoms with van der Waals surface area (Å²) in [6.07, 6.45) is 11.5. The summed E-state index contributed by atoms with van der Waals surface area (Å²) in [7, 11) is 4.54. The van der Waals surface area contributed by atoms with Gasteiger partial charge in [0.2, 0.25) is 5.79 Å². The fraction of sp³-hybridized carbons (Fsp3) is 0.737. The van der Waals surface area contributed by atoms with E-state index in [-0.39, 0.29) is 67.7 Å². The molecule has 4 rings (SSSR count). The van der Waals surface area contributed by atoms with Gasteiger partial charge in [-0.1, -0.05) is 84.9 Å². The highest BCUT2D eigenvalue weighted by Gasteiger charge is 2.53. The van der Waals surface area contributed by atoms with E-state index in [0.29, 0.717) is 69.8 Å². The Labute approximate surface area is 434 Å². The molecular formula is C57H87NO15. The van der Waals surface area contributed by atoms with Gasteiger partial charge in [0.05, 0.1) is 18.3 Å². The lowest BCUT2D eigenvalue weighted by Gasteiger charge is -2.42. The Morgan fingerprint density at radius 1 is 0.795 bits per heavy atom. The van der Waals surface area contributed by atoms with Crippen molar-refractivity contribution in [3.8, 4) is 0 Å². The van der Waals surface area contributed by atoms with Crippen molar-refractivity contribution in [2.24, 2.45) is 35.5 Å². The van der Waals surface area contributed by atoms with Gasteiger partial charge in [-0.2, -0.15) is 0 Å². The molecular weight excluding hydrogens is 939 g/mol. The number of rotatable bonds is 10. The van der Waals surface area contributed by atoms with E-state index < -0.39 is 95.8 Å². The van der Waals surface area contributed by atoms with Crippen LogP contribution in [0.5, 0.6) is 0 Å². The van der Waals surface area contributed by atoms with Crippen LogP contribution >= 0.6 is 0 Å². The van der Waals surface area contributed by atoms with Crippen molar-refractivity contribution < 1.29 is 71.8 Å². The lowest BCUT2D eigenvalue weighted by atomic mass is 9.78. The zero-order valence-electron chi connectivity index (χ0n) is 45.8. The molecule has 410 valence electrons. The second-order valence-corrected chi connectivity index (χ2v) is 21.2. The molecule has 1 N–H and O–H groups in total. The normalized spacial score (nSPS) is 37.1. The minimum absolute atomic E-state index is 0.0221. The third-order valence-electron chi connectivity index (χ3n) is 15.5. The summed E-state index contributed by atoms with van der Waals surface area (Å²) in [6, 6.07) is -1.18. The Kier molecular flexibility index (Phi) is 24.4. The Bertz CT molecular complexity index is 2030. The number of methoxy groups -OCH3 is 3. The molecule has 0 aromatic carbocycles. The van der Waals surface area contributed by atoms with E-state index in [9.17, 15) is 38.7 Å². The number of fused-ring (bicyclic) bond motifs is 3. The quantitative estimate of drug-likeness (QED) is 0.0949. The van der Waals surface area contributed by atoms with Crippen LogP contribution in [0.2, 0.25) is 0 Å². The van der Waals surface area contributed by atoms with Crippen molar-refractivity contribution in [2.45, 2.75) is 207 Å². The van der Waals surface area contributed by atoms with Gasteiger partial charge in [0.25, 0.3) is 11.7 Å². The Hall–Kier alpha value is -4.35. The number of aliphatic hydroxyl groups is 1. The molecule has 16 heteroatoms. The highest BCUT2D eigenvalue weighted by molar-refractivity contribution is 6.39. The van der Waals surface area contributed by atoms with Crippen molar-refractivity contribution in [1.82, 2.24) is 4.90 Å². The van der Waals surface area contributed by atoms with Gasteiger partial charge in [-0.15, -0.1) is 0 Å². The van der Waals surface area contributed by atoms with Gasteiger partial charge in [0.15, 0.2) is 18.0 Å². The van der Waals surface area contributed by atoms with Crippen molar-refractivity contribution in [3.05, 3.63) is 47.6 Å². The Balaban J connectivity index is 1.76. The van der Waals surface area contributed by atoms with Crippen LogP contribution in [-0.2, 0) is 66.7 Å². The molecule has 3 aliphatic heterocycles. The summed E-state index contributed by atoms with van der Waals surface area (Å²) in [5.74, 6) is -9.22. The number of nitrogens with zero attached hydrogens (tertiary/aromatic N) is 1. The summed E-state index contributed by atoms with van der Waals surface area (Å²) in [4.78, 5) is 98.3. The number of carbonyl (C=O) groups excluding carboxylic acids is 7. The first-order chi connectivity index (χ1) is 34.6. The number of esters is 3. The topological polar surface area (TPSA) is 208 Å². The van der Waals surface area contributed by atoms with Gasteiger partial charge >= 0.3 is 17.9 Å². The molecule has 3 fully saturated rings. The number of piperidine rings is 1. The number of cyclic esters (lactones) is 1. The van der Waals surface area contributed by atoms with Crippen molar-refractivity contribution in [1.29, 1.82) is 0 Å². The molecule has 1 aliphatic carbocycles. The van der Waals surface area contributed by atoms with Crippen LogP contribution in [0, 0.1) is 35.5 Å². The lowest BCUT2D eigenvalue weighted by Crippen LogP contribution is -2.61. The van der Waals surface area contributed by atoms with Gasteiger partial charge < -0.3 is 43.2 Å². The highest BCUT2D eigenvalue weighted by atomic mass is 16.6. The maximum absolute atomic E-state index is 14.6. The van der Waals surface area contributed by atoms with Crippen LogP contribution in [0.4, 0.5) is 0 Å². The number of ether oxygens (including phenoxy) is 7. The zero-order valence-corrected chi connectivity index (χ0v) is 45.8. The summed E-state index contributed by atoms with van der Waals surface area (Å²) in [6.45, 7) is 16.1. The average Bonchev–Trinajstić information content (AvgIpc) is 3.37. The monoisotopic (exact) mass is 1030 g/mol. The van der Waals surface area contributed by atoms with Gasteiger partial charge in [-0.05, 0) is 107 Å². The Morgan fingerprint density at radius 3 is 2.15 bits per heavy atom. The van der Waals surface area contributed by atoms with Gasteiger partial charge in [-0.3, -0.25) is 28.8 Å². The molecule has 1 amide bonds. The molecule has 4 aliphatic rings. The van der Waals surface area contributed by atoms with Crippen LogP contribution in [0.25, 0.3) is 0 Å². The fourth-order valence-electron chi connectivity index (χ4n) is 10.9. The van der Waals surface area contributed by atoms with E-state index in [2.05, 4.69) is 0 Å². The maximum Gasteiger partial charge on any atom is 0.329 e. The molecule has 15 atom stereocenters. The van der Waals surface area contributed by atoms with Crippen molar-refractivity contribution in [3.63, 3.8) is 0 Å². The number of carbonyl (C=O) groups is 7. The zero-order chi connectivity index (χ0) is 54.2.